The number of nitrogens with one attached hydrogen (secondary N) is 2. The van der Waals surface area contributed by atoms with Crippen LogP contribution in [0.2, 0.25) is 0 Å². The number of hydrogen-bond donors (Lipinski definition) is 3. The highest BCUT2D eigenvalue weighted by Crippen LogP contribution is 2.12. The number of benzene rings is 2. The predicted octanol–water partition coefficient (Wildman–Crippen LogP) is 2.07. The van der Waals surface area contributed by atoms with Crippen molar-refractivity contribution in [3.05, 3.63) is 66.2 Å². The van der Waals surface area contributed by atoms with E-state index in [0.29, 0.717) is 5.95 Å². The molecular formula is C15H14N6. The fourth-order valence-corrected chi connectivity index (χ4v) is 1.90. The molecule has 0 radical (unpaired) electrons. The lowest BCUT2D eigenvalue weighted by Gasteiger charge is -2.10. The summed E-state index contributed by atoms with van der Waals surface area (Å²) in [5, 5.41) is 15.4. The summed E-state index contributed by atoms with van der Waals surface area (Å²) in [6, 6.07) is 18.9. The number of nitrogens with zero attached hydrogens (tertiary/aromatic N) is 3. The van der Waals surface area contributed by atoms with Gasteiger partial charge in [-0.1, -0.05) is 36.4 Å². The van der Waals surface area contributed by atoms with Gasteiger partial charge in [0, 0.05) is 5.69 Å². The third kappa shape index (κ3) is 2.74. The first-order chi connectivity index (χ1) is 10.2. The fraction of sp³-hybridized carbons (Fsp3) is 0. The van der Waals surface area contributed by atoms with Gasteiger partial charge in [0.15, 0.2) is 11.3 Å². The molecule has 0 saturated heterocycles. The minimum absolute atomic E-state index is 0.0554. The van der Waals surface area contributed by atoms with E-state index in [1.807, 2.05) is 60.7 Å². The zero-order valence-electron chi connectivity index (χ0n) is 11.2. The molecule has 4 N–H and O–H groups in total. The molecule has 104 valence electrons. The Bertz CT molecular complexity index is 795. The Balaban J connectivity index is 2.04. The van der Waals surface area contributed by atoms with Crippen LogP contribution in [0.15, 0.2) is 60.7 Å². The van der Waals surface area contributed by atoms with E-state index in [1.165, 1.54) is 4.68 Å². The van der Waals surface area contributed by atoms with Crippen molar-refractivity contribution in [3.63, 3.8) is 0 Å². The molecule has 6 nitrogen and oxygen atoms in total. The maximum absolute atomic E-state index is 7.99. The van der Waals surface area contributed by atoms with Crippen LogP contribution in [0.25, 0.3) is 5.69 Å². The molecular weight excluding hydrogens is 264 g/mol. The highest BCUT2D eigenvalue weighted by Gasteiger charge is 2.06. The van der Waals surface area contributed by atoms with Crippen LogP contribution in [-0.2, 0) is 0 Å². The number of hydrogen-bond acceptors (Lipinski definition) is 5. The number of nitrogen functional groups attached to an aromatic ring is 1. The second-order valence-corrected chi connectivity index (χ2v) is 4.41. The Morgan fingerprint density at radius 1 is 0.952 bits per heavy atom. The smallest absolute Gasteiger partial charge is 0.247 e. The molecule has 2 aromatic carbocycles. The van der Waals surface area contributed by atoms with Gasteiger partial charge < -0.3 is 11.1 Å². The Labute approximate surface area is 121 Å². The number of rotatable bonds is 3. The molecule has 0 spiro atoms. The molecule has 0 atom stereocenters. The quantitative estimate of drug-likeness (QED) is 0.683. The van der Waals surface area contributed by atoms with Crippen LogP contribution < -0.4 is 16.5 Å². The summed E-state index contributed by atoms with van der Waals surface area (Å²) in [5.41, 5.74) is 7.48. The van der Waals surface area contributed by atoms with Gasteiger partial charge >= 0.3 is 0 Å². The zero-order chi connectivity index (χ0) is 14.7. The third-order valence-electron chi connectivity index (χ3n) is 2.91. The van der Waals surface area contributed by atoms with Crippen molar-refractivity contribution in [2.45, 2.75) is 0 Å². The van der Waals surface area contributed by atoms with Crippen molar-refractivity contribution in [2.24, 2.45) is 0 Å². The summed E-state index contributed by atoms with van der Waals surface area (Å²) in [5.74, 6) is 0.464. The summed E-state index contributed by atoms with van der Waals surface area (Å²) in [4.78, 5) is 4.10. The average molecular weight is 278 g/mol. The summed E-state index contributed by atoms with van der Waals surface area (Å²) in [7, 11) is 0. The Morgan fingerprint density at radius 3 is 2.24 bits per heavy atom. The molecule has 3 rings (SSSR count). The van der Waals surface area contributed by atoms with Gasteiger partial charge in [0.25, 0.3) is 0 Å². The molecule has 0 fully saturated rings. The van der Waals surface area contributed by atoms with E-state index < -0.39 is 0 Å². The lowest BCUT2D eigenvalue weighted by Crippen LogP contribution is -2.26. The molecule has 0 unspecified atom stereocenters. The van der Waals surface area contributed by atoms with E-state index in [2.05, 4.69) is 15.4 Å². The first-order valence-corrected chi connectivity index (χ1v) is 6.43. The first kappa shape index (κ1) is 12.9. The van der Waals surface area contributed by atoms with E-state index in [-0.39, 0.29) is 11.3 Å². The molecule has 3 aromatic rings. The highest BCUT2D eigenvalue weighted by molar-refractivity contribution is 5.53. The van der Waals surface area contributed by atoms with Gasteiger partial charge in [0.2, 0.25) is 5.95 Å². The first-order valence-electron chi connectivity index (χ1n) is 6.43. The zero-order valence-corrected chi connectivity index (χ0v) is 11.2. The van der Waals surface area contributed by atoms with Gasteiger partial charge in [0.1, 0.15) is 0 Å². The maximum Gasteiger partial charge on any atom is 0.247 e. The molecule has 21 heavy (non-hydrogen) atoms. The Kier molecular flexibility index (Phi) is 3.34. The van der Waals surface area contributed by atoms with Crippen LogP contribution in [-0.4, -0.2) is 14.8 Å². The van der Waals surface area contributed by atoms with E-state index in [1.54, 1.807) is 0 Å². The van der Waals surface area contributed by atoms with Crippen LogP contribution in [0.4, 0.5) is 17.5 Å². The van der Waals surface area contributed by atoms with E-state index in [4.69, 9.17) is 11.1 Å². The minimum Gasteiger partial charge on any atom is -0.380 e. The molecule has 0 aliphatic rings. The average Bonchev–Trinajstić information content (AvgIpc) is 2.52. The van der Waals surface area contributed by atoms with Crippen molar-refractivity contribution < 1.29 is 0 Å². The van der Waals surface area contributed by atoms with Crippen LogP contribution in [0.5, 0.6) is 0 Å². The topological polar surface area (TPSA) is 92.6 Å². The van der Waals surface area contributed by atoms with Crippen LogP contribution >= 0.6 is 0 Å². The number of para-hydroxylation sites is 2. The second kappa shape index (κ2) is 5.46. The normalized spacial score (nSPS) is 10.3. The SMILES string of the molecule is N=c1c(N)nc(Nc2ccccc2)nn1-c1ccccc1. The molecule has 0 aliphatic heterocycles. The van der Waals surface area contributed by atoms with Crippen LogP contribution in [0, 0.1) is 5.41 Å². The minimum atomic E-state index is 0.0554. The van der Waals surface area contributed by atoms with E-state index in [0.717, 1.165) is 11.4 Å². The summed E-state index contributed by atoms with van der Waals surface area (Å²) in [6.07, 6.45) is 0. The van der Waals surface area contributed by atoms with Crippen molar-refractivity contribution in [3.8, 4) is 5.69 Å². The molecule has 1 heterocycles. The number of nitrogens with two attached hydrogens (primary N) is 1. The molecule has 1 aromatic heterocycles. The van der Waals surface area contributed by atoms with Crippen LogP contribution in [0.3, 0.4) is 0 Å². The molecule has 0 bridgehead atoms. The molecule has 0 amide bonds. The Hall–Kier alpha value is -3.15. The predicted molar refractivity (Wildman–Crippen MR) is 81.4 cm³/mol. The maximum atomic E-state index is 7.99. The summed E-state index contributed by atoms with van der Waals surface area (Å²) in [6.45, 7) is 0. The third-order valence-corrected chi connectivity index (χ3v) is 2.91. The number of aromatic nitrogens is 3. The van der Waals surface area contributed by atoms with Gasteiger partial charge in [-0.2, -0.15) is 4.98 Å². The van der Waals surface area contributed by atoms with Gasteiger partial charge in [-0.3, -0.25) is 5.41 Å². The highest BCUT2D eigenvalue weighted by atomic mass is 15.4. The van der Waals surface area contributed by atoms with Gasteiger partial charge in [-0.25, -0.2) is 4.68 Å². The van der Waals surface area contributed by atoms with Crippen molar-refractivity contribution in [2.75, 3.05) is 11.1 Å². The molecule has 0 saturated carbocycles. The molecule has 6 heteroatoms. The second-order valence-electron chi connectivity index (χ2n) is 4.41. The monoisotopic (exact) mass is 278 g/mol. The van der Waals surface area contributed by atoms with Gasteiger partial charge in [-0.15, -0.1) is 5.10 Å². The Morgan fingerprint density at radius 2 is 1.57 bits per heavy atom. The van der Waals surface area contributed by atoms with Crippen molar-refractivity contribution >= 4 is 17.5 Å². The van der Waals surface area contributed by atoms with E-state index >= 15 is 0 Å². The fourth-order valence-electron chi connectivity index (χ4n) is 1.90. The van der Waals surface area contributed by atoms with Gasteiger partial charge in [0.05, 0.1) is 5.69 Å². The lowest BCUT2D eigenvalue weighted by molar-refractivity contribution is 0.761. The standard InChI is InChI=1S/C15H14N6/c16-13-14(17)21(12-9-5-2-6-10-12)20-15(19-13)18-11-7-3-1-4-8-11/h1-10,17H,(H3,16,18,19,20). The lowest BCUT2D eigenvalue weighted by atomic mass is 10.3. The summed E-state index contributed by atoms with van der Waals surface area (Å²) < 4.78 is 1.45. The summed E-state index contributed by atoms with van der Waals surface area (Å²) >= 11 is 0. The van der Waals surface area contributed by atoms with E-state index in [9.17, 15) is 0 Å². The van der Waals surface area contributed by atoms with Gasteiger partial charge in [-0.05, 0) is 24.3 Å². The van der Waals surface area contributed by atoms with Crippen molar-refractivity contribution in [1.82, 2.24) is 14.8 Å². The number of anilines is 3. The largest absolute Gasteiger partial charge is 0.380 e. The molecule has 0 aliphatic carbocycles. The van der Waals surface area contributed by atoms with Crippen LogP contribution in [0.1, 0.15) is 0 Å². The van der Waals surface area contributed by atoms with Crippen molar-refractivity contribution in [1.29, 1.82) is 5.41 Å².